The van der Waals surface area contributed by atoms with E-state index < -0.39 is 5.97 Å². The average Bonchev–Trinajstić information content (AvgIpc) is 2.33. The summed E-state index contributed by atoms with van der Waals surface area (Å²) in [6.45, 7) is 6.48. The number of carbonyl (C=O) groups is 2. The molecule has 0 unspecified atom stereocenters. The van der Waals surface area contributed by atoms with E-state index in [2.05, 4.69) is 20.6 Å². The minimum Gasteiger partial charge on any atom is -0.478 e. The Bertz CT molecular complexity index is 483. The van der Waals surface area contributed by atoms with Crippen LogP contribution in [-0.2, 0) is 11.3 Å². The lowest BCUT2D eigenvalue weighted by atomic mass is 10.1. The molecule has 0 bridgehead atoms. The lowest BCUT2D eigenvalue weighted by molar-refractivity contribution is -0.122. The van der Waals surface area contributed by atoms with E-state index in [0.717, 1.165) is 0 Å². The third-order valence-corrected chi connectivity index (χ3v) is 2.36. The van der Waals surface area contributed by atoms with E-state index in [1.807, 2.05) is 20.8 Å². The zero-order valence-corrected chi connectivity index (χ0v) is 11.9. The molecule has 1 aromatic heterocycles. The molecule has 0 radical (unpaired) electrons. The maximum absolute atomic E-state index is 11.6. The average molecular weight is 280 g/mol. The summed E-state index contributed by atoms with van der Waals surface area (Å²) in [6, 6.07) is 0. The Balaban J connectivity index is 2.39. The highest BCUT2D eigenvalue weighted by Crippen LogP contribution is 2.03. The van der Waals surface area contributed by atoms with Crippen LogP contribution in [0.1, 0.15) is 43.2 Å². The van der Waals surface area contributed by atoms with Crippen molar-refractivity contribution in [3.8, 4) is 0 Å². The molecule has 110 valence electrons. The van der Waals surface area contributed by atoms with Crippen molar-refractivity contribution < 1.29 is 14.7 Å². The zero-order chi connectivity index (χ0) is 15.2. The molecule has 0 fully saturated rings. The van der Waals surface area contributed by atoms with Crippen LogP contribution in [0.25, 0.3) is 0 Å². The number of hydrogen-bond donors (Lipinski definition) is 3. The van der Waals surface area contributed by atoms with Gasteiger partial charge in [0.15, 0.2) is 0 Å². The van der Waals surface area contributed by atoms with Gasteiger partial charge in [0, 0.05) is 31.2 Å². The molecule has 0 saturated heterocycles. The van der Waals surface area contributed by atoms with Gasteiger partial charge in [0.2, 0.25) is 5.91 Å². The fourth-order valence-corrected chi connectivity index (χ4v) is 1.56. The first-order valence-electron chi connectivity index (χ1n) is 6.33. The molecule has 0 atom stereocenters. The van der Waals surface area contributed by atoms with E-state index in [-0.39, 0.29) is 23.6 Å². The van der Waals surface area contributed by atoms with Gasteiger partial charge in [-0.25, -0.2) is 14.8 Å². The molecule has 1 rings (SSSR count). The number of aromatic nitrogens is 2. The predicted molar refractivity (Wildman–Crippen MR) is 73.2 cm³/mol. The molecule has 0 aliphatic rings. The molecule has 7 nitrogen and oxygen atoms in total. The molecule has 0 saturated carbocycles. The van der Waals surface area contributed by atoms with E-state index in [1.54, 1.807) is 0 Å². The summed E-state index contributed by atoms with van der Waals surface area (Å²) in [7, 11) is 0. The summed E-state index contributed by atoms with van der Waals surface area (Å²) in [6.07, 6.45) is 2.89. The Hall–Kier alpha value is -2.02. The highest BCUT2D eigenvalue weighted by atomic mass is 16.4. The van der Waals surface area contributed by atoms with E-state index in [4.69, 9.17) is 5.11 Å². The minimum atomic E-state index is -1.06. The van der Waals surface area contributed by atoms with E-state index in [9.17, 15) is 9.59 Å². The largest absolute Gasteiger partial charge is 0.478 e. The van der Waals surface area contributed by atoms with Crippen LogP contribution in [0.2, 0.25) is 0 Å². The van der Waals surface area contributed by atoms with Gasteiger partial charge in [-0.15, -0.1) is 0 Å². The molecule has 1 aromatic rings. The van der Waals surface area contributed by atoms with Gasteiger partial charge in [0.25, 0.3) is 0 Å². The summed E-state index contributed by atoms with van der Waals surface area (Å²) in [5.74, 6) is -1.11. The molecule has 0 aliphatic heterocycles. The van der Waals surface area contributed by atoms with Gasteiger partial charge >= 0.3 is 5.97 Å². The van der Waals surface area contributed by atoms with Crippen molar-refractivity contribution in [3.05, 3.63) is 23.8 Å². The molecule has 20 heavy (non-hydrogen) atoms. The van der Waals surface area contributed by atoms with Crippen LogP contribution in [0.3, 0.4) is 0 Å². The first-order valence-corrected chi connectivity index (χ1v) is 6.33. The standard InChI is InChI=1S/C13H20N4O3/c1-13(2,3)17-11(18)4-5-14-7-10-9(12(19)20)6-15-8-16-10/h6,8,14H,4-5,7H2,1-3H3,(H,17,18)(H,19,20). The Labute approximate surface area is 117 Å². The summed E-state index contributed by atoms with van der Waals surface area (Å²) in [5, 5.41) is 14.8. The predicted octanol–water partition coefficient (Wildman–Crippen LogP) is 0.569. The summed E-state index contributed by atoms with van der Waals surface area (Å²) in [5.41, 5.74) is 0.225. The fraction of sp³-hybridized carbons (Fsp3) is 0.538. The Kier molecular flexibility index (Phi) is 5.57. The second-order valence-electron chi connectivity index (χ2n) is 5.41. The van der Waals surface area contributed by atoms with Crippen molar-refractivity contribution >= 4 is 11.9 Å². The number of carboxylic acids is 1. The zero-order valence-electron chi connectivity index (χ0n) is 11.9. The van der Waals surface area contributed by atoms with E-state index in [1.165, 1.54) is 12.5 Å². The molecule has 3 N–H and O–H groups in total. The molecule has 0 aliphatic carbocycles. The normalized spacial score (nSPS) is 11.2. The van der Waals surface area contributed by atoms with Crippen LogP contribution >= 0.6 is 0 Å². The van der Waals surface area contributed by atoms with Crippen molar-refractivity contribution in [2.24, 2.45) is 0 Å². The molecule has 1 heterocycles. The SMILES string of the molecule is CC(C)(C)NC(=O)CCNCc1ncncc1C(=O)O. The smallest absolute Gasteiger partial charge is 0.339 e. The van der Waals surface area contributed by atoms with Crippen LogP contribution in [0, 0.1) is 0 Å². The number of nitrogens with zero attached hydrogens (tertiary/aromatic N) is 2. The van der Waals surface area contributed by atoms with Gasteiger partial charge in [-0.05, 0) is 20.8 Å². The molecule has 0 spiro atoms. The number of amides is 1. The van der Waals surface area contributed by atoms with Gasteiger partial charge in [-0.3, -0.25) is 4.79 Å². The van der Waals surface area contributed by atoms with E-state index in [0.29, 0.717) is 18.7 Å². The second kappa shape index (κ2) is 6.95. The highest BCUT2D eigenvalue weighted by molar-refractivity contribution is 5.88. The third-order valence-electron chi connectivity index (χ3n) is 2.36. The van der Waals surface area contributed by atoms with Gasteiger partial charge in [-0.2, -0.15) is 0 Å². The first kappa shape index (κ1) is 16.0. The number of carbonyl (C=O) groups excluding carboxylic acids is 1. The molecular weight excluding hydrogens is 260 g/mol. The Morgan fingerprint density at radius 2 is 2.05 bits per heavy atom. The van der Waals surface area contributed by atoms with Crippen molar-refractivity contribution in [2.75, 3.05) is 6.54 Å². The van der Waals surface area contributed by atoms with Gasteiger partial charge in [-0.1, -0.05) is 0 Å². The minimum absolute atomic E-state index is 0.0499. The van der Waals surface area contributed by atoms with Crippen LogP contribution in [0.5, 0.6) is 0 Å². The van der Waals surface area contributed by atoms with Crippen molar-refractivity contribution in [1.29, 1.82) is 0 Å². The summed E-state index contributed by atoms with van der Waals surface area (Å²) in [4.78, 5) is 30.1. The lowest BCUT2D eigenvalue weighted by Crippen LogP contribution is -2.41. The first-order chi connectivity index (χ1) is 9.29. The highest BCUT2D eigenvalue weighted by Gasteiger charge is 2.14. The molecule has 7 heteroatoms. The van der Waals surface area contributed by atoms with Crippen molar-refractivity contribution in [1.82, 2.24) is 20.6 Å². The Morgan fingerprint density at radius 1 is 1.35 bits per heavy atom. The van der Waals surface area contributed by atoms with Crippen molar-refractivity contribution in [3.63, 3.8) is 0 Å². The topological polar surface area (TPSA) is 104 Å². The van der Waals surface area contributed by atoms with Gasteiger partial charge in [0.1, 0.15) is 11.9 Å². The van der Waals surface area contributed by atoms with Gasteiger partial charge in [0.05, 0.1) is 5.69 Å². The second-order valence-corrected chi connectivity index (χ2v) is 5.41. The maximum atomic E-state index is 11.6. The maximum Gasteiger partial charge on any atom is 0.339 e. The van der Waals surface area contributed by atoms with E-state index >= 15 is 0 Å². The summed E-state index contributed by atoms with van der Waals surface area (Å²) < 4.78 is 0. The van der Waals surface area contributed by atoms with Gasteiger partial charge < -0.3 is 15.7 Å². The number of rotatable bonds is 6. The molecule has 1 amide bonds. The quantitative estimate of drug-likeness (QED) is 0.658. The lowest BCUT2D eigenvalue weighted by Gasteiger charge is -2.20. The third kappa shape index (κ3) is 5.75. The number of aromatic carboxylic acids is 1. The molecule has 0 aromatic carbocycles. The van der Waals surface area contributed by atoms with Crippen LogP contribution in [-0.4, -0.2) is 39.0 Å². The monoisotopic (exact) mass is 280 g/mol. The van der Waals surface area contributed by atoms with Crippen LogP contribution in [0.4, 0.5) is 0 Å². The van der Waals surface area contributed by atoms with Crippen LogP contribution < -0.4 is 10.6 Å². The van der Waals surface area contributed by atoms with Crippen LogP contribution in [0.15, 0.2) is 12.5 Å². The Morgan fingerprint density at radius 3 is 2.65 bits per heavy atom. The molecular formula is C13H20N4O3. The number of carboxylic acid groups (broad SMARTS) is 1. The number of hydrogen-bond acceptors (Lipinski definition) is 5. The fourth-order valence-electron chi connectivity index (χ4n) is 1.56. The summed E-state index contributed by atoms with van der Waals surface area (Å²) >= 11 is 0. The van der Waals surface area contributed by atoms with Crippen molar-refractivity contribution in [2.45, 2.75) is 39.3 Å². The number of nitrogens with one attached hydrogen (secondary N) is 2.